The van der Waals surface area contributed by atoms with Crippen LogP contribution in [0.5, 0.6) is 17.2 Å². The van der Waals surface area contributed by atoms with E-state index in [1.54, 1.807) is 21.3 Å². The Morgan fingerprint density at radius 2 is 1.88 bits per heavy atom. The average Bonchev–Trinajstić information content (AvgIpc) is 2.65. The molecule has 1 saturated heterocycles. The van der Waals surface area contributed by atoms with E-state index in [0.717, 1.165) is 18.7 Å². The first-order valence-electron chi connectivity index (χ1n) is 8.85. The maximum absolute atomic E-state index is 12.3. The van der Waals surface area contributed by atoms with Gasteiger partial charge in [-0.25, -0.2) is 0 Å². The summed E-state index contributed by atoms with van der Waals surface area (Å²) in [6.07, 6.45) is 2.95. The summed E-state index contributed by atoms with van der Waals surface area (Å²) >= 11 is 0. The molecule has 1 aliphatic rings. The van der Waals surface area contributed by atoms with Crippen LogP contribution in [0, 0.1) is 11.8 Å². The average molecular weight is 387 g/mol. The van der Waals surface area contributed by atoms with E-state index in [2.05, 4.69) is 17.6 Å². The number of methoxy groups -OCH3 is 3. The highest BCUT2D eigenvalue weighted by Gasteiger charge is 2.22. The highest BCUT2D eigenvalue weighted by molar-refractivity contribution is 5.85. The van der Waals surface area contributed by atoms with Crippen LogP contribution >= 0.6 is 12.4 Å². The molecule has 2 unspecified atom stereocenters. The molecule has 2 atom stereocenters. The summed E-state index contributed by atoms with van der Waals surface area (Å²) in [4.78, 5) is 12.3. The maximum atomic E-state index is 12.3. The molecule has 1 aromatic carbocycles. The number of halogens is 1. The molecule has 7 heteroatoms. The highest BCUT2D eigenvalue weighted by atomic mass is 35.5. The van der Waals surface area contributed by atoms with E-state index < -0.39 is 0 Å². The molecule has 0 saturated carbocycles. The maximum Gasteiger partial charge on any atom is 0.220 e. The number of amides is 1. The molecule has 0 bridgehead atoms. The third kappa shape index (κ3) is 5.95. The number of benzene rings is 1. The number of hydrogen-bond donors (Lipinski definition) is 2. The van der Waals surface area contributed by atoms with Gasteiger partial charge < -0.3 is 24.8 Å². The molecule has 1 aliphatic heterocycles. The second-order valence-electron chi connectivity index (χ2n) is 6.60. The summed E-state index contributed by atoms with van der Waals surface area (Å²) < 4.78 is 16.0. The normalized spacial score (nSPS) is 17.6. The van der Waals surface area contributed by atoms with Crippen LogP contribution < -0.4 is 24.8 Å². The van der Waals surface area contributed by atoms with Crippen molar-refractivity contribution in [2.45, 2.75) is 32.7 Å². The van der Waals surface area contributed by atoms with E-state index in [4.69, 9.17) is 14.2 Å². The summed E-state index contributed by atoms with van der Waals surface area (Å²) in [6.45, 7) is 4.71. The first-order valence-corrected chi connectivity index (χ1v) is 8.85. The molecule has 0 radical (unpaired) electrons. The van der Waals surface area contributed by atoms with Gasteiger partial charge in [0.1, 0.15) is 0 Å². The molecular formula is C19H31ClN2O4. The molecule has 0 aliphatic carbocycles. The molecular weight excluding hydrogens is 356 g/mol. The minimum Gasteiger partial charge on any atom is -0.493 e. The Balaban J connectivity index is 0.00000338. The van der Waals surface area contributed by atoms with Crippen molar-refractivity contribution in [2.75, 3.05) is 34.4 Å². The summed E-state index contributed by atoms with van der Waals surface area (Å²) in [7, 11) is 4.74. The van der Waals surface area contributed by atoms with Crippen LogP contribution in [0.25, 0.3) is 0 Å². The van der Waals surface area contributed by atoms with Gasteiger partial charge >= 0.3 is 0 Å². The number of piperidine rings is 1. The van der Waals surface area contributed by atoms with Crippen molar-refractivity contribution in [1.29, 1.82) is 0 Å². The molecule has 1 heterocycles. The summed E-state index contributed by atoms with van der Waals surface area (Å²) in [6, 6.07) is 3.71. The van der Waals surface area contributed by atoms with Crippen LogP contribution in [0.3, 0.4) is 0 Å². The van der Waals surface area contributed by atoms with E-state index in [9.17, 15) is 4.79 Å². The zero-order valence-electron chi connectivity index (χ0n) is 16.1. The number of hydrogen-bond acceptors (Lipinski definition) is 5. The number of rotatable bonds is 8. The van der Waals surface area contributed by atoms with Crippen molar-refractivity contribution in [3.05, 3.63) is 17.7 Å². The van der Waals surface area contributed by atoms with E-state index in [-0.39, 0.29) is 18.3 Å². The van der Waals surface area contributed by atoms with Crippen molar-refractivity contribution < 1.29 is 19.0 Å². The van der Waals surface area contributed by atoms with Gasteiger partial charge in [-0.1, -0.05) is 6.92 Å². The van der Waals surface area contributed by atoms with E-state index in [1.807, 2.05) is 12.1 Å². The van der Waals surface area contributed by atoms with Crippen LogP contribution in [-0.4, -0.2) is 40.3 Å². The fourth-order valence-corrected chi connectivity index (χ4v) is 3.33. The number of carbonyl (C=O) groups excluding carboxylic acids is 1. The fourth-order valence-electron chi connectivity index (χ4n) is 3.33. The van der Waals surface area contributed by atoms with Crippen LogP contribution in [-0.2, 0) is 11.3 Å². The third-order valence-corrected chi connectivity index (χ3v) is 4.86. The molecule has 26 heavy (non-hydrogen) atoms. The Labute approximate surface area is 162 Å². The first kappa shape index (κ1) is 22.4. The summed E-state index contributed by atoms with van der Waals surface area (Å²) in [5, 5.41) is 6.41. The lowest BCUT2D eigenvalue weighted by Crippen LogP contribution is -2.35. The summed E-state index contributed by atoms with van der Waals surface area (Å²) in [5.41, 5.74) is 0.912. The first-order chi connectivity index (χ1) is 12.1. The van der Waals surface area contributed by atoms with Crippen molar-refractivity contribution in [2.24, 2.45) is 11.8 Å². The largest absolute Gasteiger partial charge is 0.493 e. The minimum absolute atomic E-state index is 0. The van der Waals surface area contributed by atoms with Gasteiger partial charge in [0.2, 0.25) is 11.7 Å². The fraction of sp³-hybridized carbons (Fsp3) is 0.632. The predicted octanol–water partition coefficient (Wildman–Crippen LogP) is 2.78. The van der Waals surface area contributed by atoms with E-state index >= 15 is 0 Å². The molecule has 6 nitrogen and oxygen atoms in total. The van der Waals surface area contributed by atoms with Gasteiger partial charge in [0, 0.05) is 13.0 Å². The van der Waals surface area contributed by atoms with E-state index in [1.165, 1.54) is 12.8 Å². The van der Waals surface area contributed by atoms with Crippen LogP contribution in [0.1, 0.15) is 31.7 Å². The Bertz CT molecular complexity index is 552. The zero-order valence-corrected chi connectivity index (χ0v) is 16.9. The van der Waals surface area contributed by atoms with Gasteiger partial charge in [0.25, 0.3) is 0 Å². The molecule has 2 rings (SSSR count). The van der Waals surface area contributed by atoms with Gasteiger partial charge in [0.15, 0.2) is 11.5 Å². The predicted molar refractivity (Wildman–Crippen MR) is 105 cm³/mol. The number of ether oxygens (including phenoxy) is 3. The van der Waals surface area contributed by atoms with Crippen molar-refractivity contribution in [3.8, 4) is 17.2 Å². The van der Waals surface area contributed by atoms with Gasteiger partial charge in [-0.05, 0) is 55.5 Å². The summed E-state index contributed by atoms with van der Waals surface area (Å²) in [5.74, 6) is 2.78. The Morgan fingerprint density at radius 1 is 1.23 bits per heavy atom. The van der Waals surface area contributed by atoms with Gasteiger partial charge in [-0.15, -0.1) is 12.4 Å². The zero-order chi connectivity index (χ0) is 18.2. The lowest BCUT2D eigenvalue weighted by atomic mass is 9.85. The topological polar surface area (TPSA) is 68.8 Å². The molecule has 148 valence electrons. The van der Waals surface area contributed by atoms with E-state index in [0.29, 0.717) is 42.0 Å². The van der Waals surface area contributed by atoms with Gasteiger partial charge in [-0.3, -0.25) is 4.79 Å². The second kappa shape index (κ2) is 11.1. The molecule has 0 aromatic heterocycles. The molecule has 1 aromatic rings. The quantitative estimate of drug-likeness (QED) is 0.719. The van der Waals surface area contributed by atoms with Crippen molar-refractivity contribution >= 4 is 18.3 Å². The van der Waals surface area contributed by atoms with Crippen molar-refractivity contribution in [3.63, 3.8) is 0 Å². The Morgan fingerprint density at radius 3 is 2.38 bits per heavy atom. The number of carbonyl (C=O) groups is 1. The third-order valence-electron chi connectivity index (χ3n) is 4.86. The lowest BCUT2D eigenvalue weighted by Gasteiger charge is -2.28. The van der Waals surface area contributed by atoms with Crippen molar-refractivity contribution in [1.82, 2.24) is 10.6 Å². The molecule has 1 fully saturated rings. The van der Waals surface area contributed by atoms with Gasteiger partial charge in [0.05, 0.1) is 21.3 Å². The van der Waals surface area contributed by atoms with Crippen LogP contribution in [0.4, 0.5) is 0 Å². The standard InChI is InChI=1S/C19H30N2O4.ClH/c1-13(15-6-5-7-20-12-15)8-18(22)21-11-14-9-16(23-2)19(25-4)17(10-14)24-3;/h9-10,13,15,20H,5-8,11-12H2,1-4H3,(H,21,22);1H. The Kier molecular flexibility index (Phi) is 9.59. The second-order valence-corrected chi connectivity index (χ2v) is 6.60. The van der Waals surface area contributed by atoms with Gasteiger partial charge in [-0.2, -0.15) is 0 Å². The molecule has 2 N–H and O–H groups in total. The number of nitrogens with one attached hydrogen (secondary N) is 2. The monoisotopic (exact) mass is 386 g/mol. The Hall–Kier alpha value is -1.66. The molecule has 1 amide bonds. The SMILES string of the molecule is COc1cc(CNC(=O)CC(C)C2CCCNC2)cc(OC)c1OC.Cl. The highest BCUT2D eigenvalue weighted by Crippen LogP contribution is 2.38. The lowest BCUT2D eigenvalue weighted by molar-refractivity contribution is -0.122. The van der Waals surface area contributed by atoms with Crippen LogP contribution in [0.15, 0.2) is 12.1 Å². The minimum atomic E-state index is 0. The molecule has 0 spiro atoms. The smallest absolute Gasteiger partial charge is 0.220 e. The van der Waals surface area contributed by atoms with Crippen LogP contribution in [0.2, 0.25) is 0 Å².